The highest BCUT2D eigenvalue weighted by Gasteiger charge is 2.15. The lowest BCUT2D eigenvalue weighted by Crippen LogP contribution is -2.29. The number of ether oxygens (including phenoxy) is 1. The Hall–Kier alpha value is -3.13. The normalized spacial score (nSPS) is 10.6. The van der Waals surface area contributed by atoms with Crippen LogP contribution in [0.5, 0.6) is 5.75 Å². The summed E-state index contributed by atoms with van der Waals surface area (Å²) in [5.41, 5.74) is 0.366. The number of hydrogen-bond acceptors (Lipinski definition) is 5. The first-order valence-corrected chi connectivity index (χ1v) is 8.77. The van der Waals surface area contributed by atoms with Crippen LogP contribution in [0.2, 0.25) is 5.02 Å². The topological polar surface area (TPSA) is 91.0 Å². The van der Waals surface area contributed by atoms with Crippen LogP contribution in [0, 0.1) is 0 Å². The van der Waals surface area contributed by atoms with Crippen LogP contribution >= 0.6 is 11.6 Å². The number of amides is 1. The summed E-state index contributed by atoms with van der Waals surface area (Å²) in [6.45, 7) is 2.25. The highest BCUT2D eigenvalue weighted by molar-refractivity contribution is 6.32. The van der Waals surface area contributed by atoms with Gasteiger partial charge in [0.05, 0.1) is 23.0 Å². The molecule has 27 heavy (non-hydrogen) atoms. The van der Waals surface area contributed by atoms with E-state index in [1.54, 1.807) is 42.5 Å². The van der Waals surface area contributed by atoms with E-state index in [0.29, 0.717) is 28.8 Å². The second kappa shape index (κ2) is 8.50. The zero-order valence-electron chi connectivity index (χ0n) is 14.6. The Morgan fingerprint density at radius 1 is 1.15 bits per heavy atom. The zero-order valence-corrected chi connectivity index (χ0v) is 15.4. The van der Waals surface area contributed by atoms with E-state index in [-0.39, 0.29) is 6.54 Å². The molecule has 0 aliphatic rings. The summed E-state index contributed by atoms with van der Waals surface area (Å²) in [6, 6.07) is 13.9. The predicted molar refractivity (Wildman–Crippen MR) is 101 cm³/mol. The first kappa shape index (κ1) is 18.7. The number of tetrazole rings is 1. The van der Waals surface area contributed by atoms with Crippen LogP contribution < -0.4 is 15.7 Å². The van der Waals surface area contributed by atoms with Gasteiger partial charge in [-0.2, -0.15) is 9.36 Å². The molecule has 1 heterocycles. The summed E-state index contributed by atoms with van der Waals surface area (Å²) in [4.78, 5) is 24.8. The monoisotopic (exact) mass is 387 g/mol. The first-order valence-electron chi connectivity index (χ1n) is 8.39. The Bertz CT molecular complexity index is 998. The van der Waals surface area contributed by atoms with Crippen LogP contribution in [0.1, 0.15) is 13.3 Å². The molecule has 1 aromatic heterocycles. The third-order valence-electron chi connectivity index (χ3n) is 3.64. The number of nitrogens with zero attached hydrogens (tertiary/aromatic N) is 4. The molecule has 0 saturated heterocycles. The molecule has 0 aliphatic carbocycles. The largest absolute Gasteiger partial charge is 0.491 e. The maximum absolute atomic E-state index is 12.5. The third-order valence-corrected chi connectivity index (χ3v) is 3.96. The fourth-order valence-corrected chi connectivity index (χ4v) is 2.60. The number of para-hydroxylation sites is 3. The van der Waals surface area contributed by atoms with Crippen molar-refractivity contribution in [2.45, 2.75) is 19.9 Å². The van der Waals surface area contributed by atoms with Crippen LogP contribution in [0.3, 0.4) is 0 Å². The van der Waals surface area contributed by atoms with E-state index in [2.05, 4.69) is 15.7 Å². The van der Waals surface area contributed by atoms with Crippen molar-refractivity contribution in [1.29, 1.82) is 0 Å². The molecule has 1 N–H and O–H groups in total. The lowest BCUT2D eigenvalue weighted by atomic mass is 10.3. The molecule has 0 unspecified atom stereocenters. The van der Waals surface area contributed by atoms with Crippen molar-refractivity contribution in [1.82, 2.24) is 19.8 Å². The van der Waals surface area contributed by atoms with Crippen LogP contribution in [0.25, 0.3) is 5.69 Å². The lowest BCUT2D eigenvalue weighted by Gasteiger charge is -2.11. The van der Waals surface area contributed by atoms with Gasteiger partial charge in [0, 0.05) is 0 Å². The molecule has 3 aromatic rings. The van der Waals surface area contributed by atoms with Crippen molar-refractivity contribution < 1.29 is 9.53 Å². The molecular weight excluding hydrogens is 370 g/mol. The van der Waals surface area contributed by atoms with E-state index in [9.17, 15) is 9.59 Å². The molecule has 0 radical (unpaired) electrons. The molecule has 0 atom stereocenters. The van der Waals surface area contributed by atoms with Gasteiger partial charge in [-0.1, -0.05) is 42.8 Å². The van der Waals surface area contributed by atoms with Gasteiger partial charge in [0.15, 0.2) is 0 Å². The predicted octanol–water partition coefficient (Wildman–Crippen LogP) is 2.51. The Kier molecular flexibility index (Phi) is 5.87. The minimum atomic E-state index is -0.561. The van der Waals surface area contributed by atoms with Crippen molar-refractivity contribution in [2.24, 2.45) is 0 Å². The van der Waals surface area contributed by atoms with Crippen molar-refractivity contribution in [2.75, 3.05) is 11.9 Å². The smallest absolute Gasteiger partial charge is 0.369 e. The van der Waals surface area contributed by atoms with Crippen LogP contribution in [-0.4, -0.2) is 32.3 Å². The molecular formula is C18H18ClN5O3. The molecule has 0 spiro atoms. The zero-order chi connectivity index (χ0) is 19.2. The number of halogens is 1. The van der Waals surface area contributed by atoms with Crippen molar-refractivity contribution in [3.05, 3.63) is 64.0 Å². The summed E-state index contributed by atoms with van der Waals surface area (Å²) >= 11 is 6.08. The standard InChI is InChI=1S/C18H18ClN5O3/c1-2-11-27-16-10-6-4-8-14(16)20-17(25)12-23-18(26)24(22-21-23)15-9-5-3-7-13(15)19/h3-10H,2,11-12H2,1H3,(H,20,25). The number of rotatable bonds is 7. The average Bonchev–Trinajstić information content (AvgIpc) is 3.01. The highest BCUT2D eigenvalue weighted by Crippen LogP contribution is 2.23. The number of nitrogens with one attached hydrogen (secondary N) is 1. The van der Waals surface area contributed by atoms with E-state index in [4.69, 9.17) is 16.3 Å². The maximum atomic E-state index is 12.5. The molecule has 8 nitrogen and oxygen atoms in total. The van der Waals surface area contributed by atoms with E-state index < -0.39 is 11.6 Å². The van der Waals surface area contributed by atoms with Gasteiger partial charge in [0.25, 0.3) is 0 Å². The highest BCUT2D eigenvalue weighted by atomic mass is 35.5. The summed E-state index contributed by atoms with van der Waals surface area (Å²) in [7, 11) is 0. The van der Waals surface area contributed by atoms with Gasteiger partial charge in [-0.3, -0.25) is 4.79 Å². The quantitative estimate of drug-likeness (QED) is 0.672. The molecule has 3 rings (SSSR count). The van der Waals surface area contributed by atoms with Gasteiger partial charge >= 0.3 is 5.69 Å². The lowest BCUT2D eigenvalue weighted by molar-refractivity contribution is -0.117. The fourth-order valence-electron chi connectivity index (χ4n) is 2.38. The Balaban J connectivity index is 1.75. The molecule has 0 saturated carbocycles. The van der Waals surface area contributed by atoms with Crippen LogP contribution in [0.4, 0.5) is 5.69 Å². The van der Waals surface area contributed by atoms with E-state index in [0.717, 1.165) is 15.8 Å². The minimum Gasteiger partial charge on any atom is -0.491 e. The van der Waals surface area contributed by atoms with Gasteiger partial charge in [-0.15, -0.1) is 0 Å². The average molecular weight is 388 g/mol. The summed E-state index contributed by atoms with van der Waals surface area (Å²) in [5, 5.41) is 10.6. The summed E-state index contributed by atoms with van der Waals surface area (Å²) in [5.74, 6) is 0.149. The SMILES string of the molecule is CCCOc1ccccc1NC(=O)Cn1nnn(-c2ccccc2Cl)c1=O. The molecule has 0 aliphatic heterocycles. The van der Waals surface area contributed by atoms with Crippen molar-refractivity contribution in [3.8, 4) is 11.4 Å². The van der Waals surface area contributed by atoms with Gasteiger partial charge in [-0.25, -0.2) is 4.79 Å². The molecule has 9 heteroatoms. The first-order chi connectivity index (χ1) is 13.1. The number of carbonyl (C=O) groups excluding carboxylic acids is 1. The molecule has 140 valence electrons. The second-order valence-corrected chi connectivity index (χ2v) is 6.08. The number of aromatic nitrogens is 4. The van der Waals surface area contributed by atoms with Gasteiger partial charge in [0.2, 0.25) is 5.91 Å². The summed E-state index contributed by atoms with van der Waals surface area (Å²) in [6.07, 6.45) is 0.850. The second-order valence-electron chi connectivity index (χ2n) is 5.68. The van der Waals surface area contributed by atoms with E-state index >= 15 is 0 Å². The Morgan fingerprint density at radius 3 is 2.67 bits per heavy atom. The summed E-state index contributed by atoms with van der Waals surface area (Å²) < 4.78 is 7.62. The molecule has 1 amide bonds. The van der Waals surface area contributed by atoms with Gasteiger partial charge in [-0.05, 0) is 41.1 Å². The number of carbonyl (C=O) groups is 1. The molecule has 0 bridgehead atoms. The Morgan fingerprint density at radius 2 is 1.89 bits per heavy atom. The van der Waals surface area contributed by atoms with Gasteiger partial charge in [0.1, 0.15) is 12.3 Å². The van der Waals surface area contributed by atoms with Crippen LogP contribution in [0.15, 0.2) is 53.3 Å². The molecule has 2 aromatic carbocycles. The number of hydrogen-bond donors (Lipinski definition) is 1. The van der Waals surface area contributed by atoms with E-state index in [1.165, 1.54) is 0 Å². The molecule has 0 fully saturated rings. The van der Waals surface area contributed by atoms with E-state index in [1.807, 2.05) is 13.0 Å². The van der Waals surface area contributed by atoms with Gasteiger partial charge < -0.3 is 10.1 Å². The Labute approximate surface area is 160 Å². The van der Waals surface area contributed by atoms with Crippen LogP contribution in [-0.2, 0) is 11.3 Å². The maximum Gasteiger partial charge on any atom is 0.369 e. The van der Waals surface area contributed by atoms with Crippen molar-refractivity contribution >= 4 is 23.2 Å². The minimum absolute atomic E-state index is 0.286. The fraction of sp³-hybridized carbons (Fsp3) is 0.222. The van der Waals surface area contributed by atoms with Crippen molar-refractivity contribution in [3.63, 3.8) is 0 Å². The number of anilines is 1. The number of benzene rings is 2. The third kappa shape index (κ3) is 4.35.